The number of hydrogen-bond donors (Lipinski definition) is 1. The van der Waals surface area contributed by atoms with E-state index < -0.39 is 35.1 Å². The molecule has 1 N–H and O–H groups in total. The molecule has 1 aromatic heterocycles. The van der Waals surface area contributed by atoms with Crippen LogP contribution in [0.1, 0.15) is 36.1 Å². The van der Waals surface area contributed by atoms with Gasteiger partial charge in [-0.25, -0.2) is 18.0 Å². The predicted molar refractivity (Wildman–Crippen MR) is 79.5 cm³/mol. The fourth-order valence-electron chi connectivity index (χ4n) is 3.14. The fraction of sp³-hybridized carbons (Fsp3) is 0.375. The summed E-state index contributed by atoms with van der Waals surface area (Å²) in [5, 5.41) is 2.19. The predicted octanol–water partition coefficient (Wildman–Crippen LogP) is 3.07. The van der Waals surface area contributed by atoms with Crippen LogP contribution in [0.25, 0.3) is 0 Å². The molecule has 0 spiro atoms. The zero-order chi connectivity index (χ0) is 18.1. The molecule has 25 heavy (non-hydrogen) atoms. The van der Waals surface area contributed by atoms with Gasteiger partial charge in [0.2, 0.25) is 0 Å². The lowest BCUT2D eigenvalue weighted by Gasteiger charge is -2.38. The van der Waals surface area contributed by atoms with Crippen LogP contribution in [0.5, 0.6) is 0 Å². The van der Waals surface area contributed by atoms with E-state index in [9.17, 15) is 22.8 Å². The summed E-state index contributed by atoms with van der Waals surface area (Å²) >= 11 is 0. The largest absolute Gasteiger partial charge is 0.453 e. The number of methoxy groups -OCH3 is 1. The number of hydrogen-bond acceptors (Lipinski definition) is 4. The van der Waals surface area contributed by atoms with Crippen molar-refractivity contribution in [1.29, 1.82) is 0 Å². The molecule has 134 valence electrons. The summed E-state index contributed by atoms with van der Waals surface area (Å²) in [6, 6.07) is 2.25. The van der Waals surface area contributed by atoms with Crippen LogP contribution in [-0.2, 0) is 4.74 Å². The van der Waals surface area contributed by atoms with Gasteiger partial charge in [-0.05, 0) is 30.5 Å². The van der Waals surface area contributed by atoms with Gasteiger partial charge < -0.3 is 14.2 Å². The van der Waals surface area contributed by atoms with Gasteiger partial charge in [0.05, 0.1) is 13.2 Å². The first-order chi connectivity index (χ1) is 11.9. The van der Waals surface area contributed by atoms with Crippen molar-refractivity contribution in [2.75, 3.05) is 13.7 Å². The van der Waals surface area contributed by atoms with Crippen molar-refractivity contribution in [2.24, 2.45) is 0 Å². The Bertz CT molecular complexity index is 825. The molecule has 1 amide bonds. The Morgan fingerprint density at radius 3 is 2.52 bits per heavy atom. The third kappa shape index (κ3) is 3.26. The summed E-state index contributed by atoms with van der Waals surface area (Å²) in [5.74, 6) is -4.11. The molecule has 0 aliphatic carbocycles. The molecule has 9 heteroatoms. The second-order valence-electron chi connectivity index (χ2n) is 5.81. The molecule has 0 unspecified atom stereocenters. The number of likely N-dealkylation sites (tertiary alicyclic amines) is 1. The van der Waals surface area contributed by atoms with Crippen molar-refractivity contribution in [3.63, 3.8) is 0 Å². The average Bonchev–Trinajstić information content (AvgIpc) is 3.04. The molecule has 2 heterocycles. The van der Waals surface area contributed by atoms with Crippen molar-refractivity contribution < 1.29 is 27.2 Å². The van der Waals surface area contributed by atoms with Gasteiger partial charge in [0.25, 0.3) is 5.56 Å². The maximum atomic E-state index is 13.6. The molecule has 0 bridgehead atoms. The summed E-state index contributed by atoms with van der Waals surface area (Å²) in [4.78, 5) is 24.6. The minimum absolute atomic E-state index is 0.101. The molecular formula is C16H15F3N2O4. The maximum Gasteiger partial charge on any atom is 0.409 e. The third-order valence-electron chi connectivity index (χ3n) is 4.35. The monoisotopic (exact) mass is 356 g/mol. The molecule has 0 radical (unpaired) electrons. The van der Waals surface area contributed by atoms with Crippen LogP contribution in [0.4, 0.5) is 18.0 Å². The maximum absolute atomic E-state index is 13.6. The number of aromatic amines is 1. The number of ether oxygens (including phenoxy) is 1. The van der Waals surface area contributed by atoms with Crippen molar-refractivity contribution in [3.05, 3.63) is 57.3 Å². The van der Waals surface area contributed by atoms with Crippen molar-refractivity contribution >= 4 is 6.09 Å². The SMILES string of the molecule is COC(=O)N1CC[C@@H](c2cc(=O)[nH]o2)C[C@@H]1c1cc(F)c(F)c(F)c1. The number of piperidine rings is 1. The number of nitrogens with zero attached hydrogens (tertiary/aromatic N) is 1. The Balaban J connectivity index is 1.97. The van der Waals surface area contributed by atoms with Gasteiger partial charge in [0.15, 0.2) is 17.5 Å². The van der Waals surface area contributed by atoms with Crippen LogP contribution in [0.15, 0.2) is 27.5 Å². The lowest BCUT2D eigenvalue weighted by molar-refractivity contribution is 0.0812. The summed E-state index contributed by atoms with van der Waals surface area (Å²) in [6.45, 7) is 0.220. The second-order valence-corrected chi connectivity index (χ2v) is 5.81. The number of carbonyl (C=O) groups excluding carboxylic acids is 1. The lowest BCUT2D eigenvalue weighted by Crippen LogP contribution is -2.40. The average molecular weight is 356 g/mol. The van der Waals surface area contributed by atoms with Gasteiger partial charge in [0.1, 0.15) is 5.76 Å². The minimum atomic E-state index is -1.57. The minimum Gasteiger partial charge on any atom is -0.453 e. The molecule has 1 fully saturated rings. The first-order valence-corrected chi connectivity index (χ1v) is 7.58. The van der Waals surface area contributed by atoms with E-state index in [0.29, 0.717) is 12.2 Å². The fourth-order valence-corrected chi connectivity index (χ4v) is 3.14. The molecule has 2 atom stereocenters. The van der Waals surface area contributed by atoms with Crippen LogP contribution in [0, 0.1) is 17.5 Å². The Morgan fingerprint density at radius 2 is 1.96 bits per heavy atom. The van der Waals surface area contributed by atoms with Crippen molar-refractivity contribution in [2.45, 2.75) is 24.8 Å². The highest BCUT2D eigenvalue weighted by Gasteiger charge is 2.36. The zero-order valence-electron chi connectivity index (χ0n) is 13.2. The molecule has 3 rings (SSSR count). The quantitative estimate of drug-likeness (QED) is 0.839. The molecule has 0 saturated carbocycles. The second kappa shape index (κ2) is 6.66. The van der Waals surface area contributed by atoms with Gasteiger partial charge in [-0.15, -0.1) is 0 Å². The third-order valence-corrected chi connectivity index (χ3v) is 4.35. The summed E-state index contributed by atoms with van der Waals surface area (Å²) < 4.78 is 50.3. The van der Waals surface area contributed by atoms with E-state index >= 15 is 0 Å². The van der Waals surface area contributed by atoms with E-state index in [1.165, 1.54) is 18.1 Å². The van der Waals surface area contributed by atoms with Gasteiger partial charge in [-0.1, -0.05) is 0 Å². The Kier molecular flexibility index (Phi) is 4.56. The topological polar surface area (TPSA) is 75.5 Å². The van der Waals surface area contributed by atoms with Crippen molar-refractivity contribution in [1.82, 2.24) is 10.1 Å². The van der Waals surface area contributed by atoms with Gasteiger partial charge in [0, 0.05) is 18.5 Å². The van der Waals surface area contributed by atoms with Gasteiger partial charge >= 0.3 is 6.09 Å². The summed E-state index contributed by atoms with van der Waals surface area (Å²) in [7, 11) is 1.20. The number of benzene rings is 1. The standard InChI is InChI=1S/C16H15F3N2O4/c1-24-16(23)21-3-2-8(13-7-14(22)20-25-13)6-12(21)9-4-10(17)15(19)11(18)5-9/h4-5,7-8,12H,2-3,6H2,1H3,(H,20,22)/t8-,12-/m1/s1. The van der Waals surface area contributed by atoms with Crippen LogP contribution < -0.4 is 5.56 Å². The molecule has 1 aromatic carbocycles. The first-order valence-electron chi connectivity index (χ1n) is 7.58. The summed E-state index contributed by atoms with van der Waals surface area (Å²) in [5.41, 5.74) is -0.301. The van der Waals surface area contributed by atoms with Gasteiger partial charge in [-0.2, -0.15) is 5.16 Å². The van der Waals surface area contributed by atoms with Crippen molar-refractivity contribution in [3.8, 4) is 0 Å². The number of aromatic nitrogens is 1. The highest BCUT2D eigenvalue weighted by molar-refractivity contribution is 5.68. The van der Waals surface area contributed by atoms with E-state index in [4.69, 9.17) is 9.26 Å². The number of carbonyl (C=O) groups is 1. The molecule has 1 saturated heterocycles. The van der Waals surface area contributed by atoms with Crippen LogP contribution >= 0.6 is 0 Å². The van der Waals surface area contributed by atoms with Crippen LogP contribution in [0.3, 0.4) is 0 Å². The van der Waals surface area contributed by atoms with E-state index in [1.807, 2.05) is 0 Å². The lowest BCUT2D eigenvalue weighted by atomic mass is 9.85. The number of rotatable bonds is 2. The number of halogens is 3. The highest BCUT2D eigenvalue weighted by Crippen LogP contribution is 2.39. The molecular weight excluding hydrogens is 341 g/mol. The Hall–Kier alpha value is -2.71. The first kappa shape index (κ1) is 17.1. The van der Waals surface area contributed by atoms with E-state index in [-0.39, 0.29) is 24.4 Å². The van der Waals surface area contributed by atoms with Gasteiger partial charge in [-0.3, -0.25) is 4.79 Å². The van der Waals surface area contributed by atoms with E-state index in [1.54, 1.807) is 0 Å². The van der Waals surface area contributed by atoms with E-state index in [2.05, 4.69) is 5.16 Å². The number of amides is 1. The molecule has 1 aliphatic heterocycles. The Morgan fingerprint density at radius 1 is 1.28 bits per heavy atom. The van der Waals surface area contributed by atoms with E-state index in [0.717, 1.165) is 12.1 Å². The highest BCUT2D eigenvalue weighted by atomic mass is 19.2. The zero-order valence-corrected chi connectivity index (χ0v) is 13.2. The normalized spacial score (nSPS) is 20.6. The molecule has 1 aliphatic rings. The van der Waals surface area contributed by atoms with Crippen LogP contribution in [0.2, 0.25) is 0 Å². The number of H-pyrrole nitrogens is 1. The smallest absolute Gasteiger partial charge is 0.409 e. The number of nitrogens with one attached hydrogen (secondary N) is 1. The molecule has 2 aromatic rings. The molecule has 6 nitrogen and oxygen atoms in total. The summed E-state index contributed by atoms with van der Waals surface area (Å²) in [6.07, 6.45) is 0.0444. The Labute approximate surface area is 140 Å². The van der Waals surface area contributed by atoms with Crippen LogP contribution in [-0.4, -0.2) is 29.8 Å².